The van der Waals surface area contributed by atoms with Crippen molar-refractivity contribution in [3.05, 3.63) is 35.6 Å². The van der Waals surface area contributed by atoms with Crippen molar-refractivity contribution < 1.29 is 19.1 Å². The summed E-state index contributed by atoms with van der Waals surface area (Å²) in [6.07, 6.45) is 0. The van der Waals surface area contributed by atoms with Gasteiger partial charge in [0.25, 0.3) is 5.91 Å². The Morgan fingerprint density at radius 3 is 2.62 bits per heavy atom. The van der Waals surface area contributed by atoms with Crippen LogP contribution in [0.4, 0.5) is 0 Å². The van der Waals surface area contributed by atoms with Crippen molar-refractivity contribution in [3.8, 4) is 0 Å². The van der Waals surface area contributed by atoms with E-state index in [1.165, 1.54) is 4.90 Å². The first-order valence-electron chi connectivity index (χ1n) is 6.88. The van der Waals surface area contributed by atoms with Crippen LogP contribution in [0.3, 0.4) is 0 Å². The van der Waals surface area contributed by atoms with E-state index in [4.69, 9.17) is 9.52 Å². The van der Waals surface area contributed by atoms with Crippen LogP contribution in [0, 0.1) is 12.8 Å². The summed E-state index contributed by atoms with van der Waals surface area (Å²) in [5.41, 5.74) is 1.70. The highest BCUT2D eigenvalue weighted by Crippen LogP contribution is 2.22. The summed E-state index contributed by atoms with van der Waals surface area (Å²) in [5, 5.41) is 9.79. The van der Waals surface area contributed by atoms with E-state index in [9.17, 15) is 9.59 Å². The number of aryl methyl sites for hydroxylation is 1. The molecule has 1 amide bonds. The van der Waals surface area contributed by atoms with E-state index < -0.39 is 5.97 Å². The second-order valence-electron chi connectivity index (χ2n) is 5.63. The number of hydrogen-bond donors (Lipinski definition) is 1. The van der Waals surface area contributed by atoms with Crippen LogP contribution < -0.4 is 0 Å². The number of nitrogens with zero attached hydrogens (tertiary/aromatic N) is 1. The maximum absolute atomic E-state index is 12.4. The van der Waals surface area contributed by atoms with E-state index in [1.54, 1.807) is 6.07 Å². The molecule has 0 saturated carbocycles. The van der Waals surface area contributed by atoms with Gasteiger partial charge in [-0.3, -0.25) is 9.59 Å². The SMILES string of the molecule is Cc1ccc2oc(C(=O)N(CC(=O)O)CC(C)C)cc2c1. The van der Waals surface area contributed by atoms with Crippen LogP contribution in [0.25, 0.3) is 11.0 Å². The number of aliphatic carboxylic acids is 1. The highest BCUT2D eigenvalue weighted by atomic mass is 16.4. The van der Waals surface area contributed by atoms with E-state index in [-0.39, 0.29) is 24.1 Å². The smallest absolute Gasteiger partial charge is 0.323 e. The molecule has 0 unspecified atom stereocenters. The summed E-state index contributed by atoms with van der Waals surface area (Å²) < 4.78 is 5.54. The topological polar surface area (TPSA) is 70.8 Å². The Morgan fingerprint density at radius 1 is 1.29 bits per heavy atom. The summed E-state index contributed by atoms with van der Waals surface area (Å²) in [4.78, 5) is 24.7. The van der Waals surface area contributed by atoms with E-state index >= 15 is 0 Å². The molecule has 0 aliphatic heterocycles. The highest BCUT2D eigenvalue weighted by Gasteiger charge is 2.22. The van der Waals surface area contributed by atoms with Crippen LogP contribution in [-0.4, -0.2) is 35.0 Å². The van der Waals surface area contributed by atoms with E-state index in [0.717, 1.165) is 10.9 Å². The van der Waals surface area contributed by atoms with Crippen LogP contribution >= 0.6 is 0 Å². The number of carbonyl (C=O) groups excluding carboxylic acids is 1. The molecule has 1 N–H and O–H groups in total. The van der Waals surface area contributed by atoms with Gasteiger partial charge in [0.2, 0.25) is 0 Å². The van der Waals surface area contributed by atoms with Gasteiger partial charge in [0, 0.05) is 11.9 Å². The van der Waals surface area contributed by atoms with Gasteiger partial charge in [0.1, 0.15) is 12.1 Å². The van der Waals surface area contributed by atoms with Crippen molar-refractivity contribution in [1.82, 2.24) is 4.90 Å². The number of rotatable bonds is 5. The molecular weight excluding hydrogens is 270 g/mol. The third-order valence-corrected chi connectivity index (χ3v) is 3.08. The molecule has 21 heavy (non-hydrogen) atoms. The Kier molecular flexibility index (Phi) is 4.31. The van der Waals surface area contributed by atoms with Gasteiger partial charge in [-0.2, -0.15) is 0 Å². The molecule has 0 spiro atoms. The molecule has 2 aromatic rings. The third-order valence-electron chi connectivity index (χ3n) is 3.08. The van der Waals surface area contributed by atoms with E-state index in [2.05, 4.69) is 0 Å². The number of hydrogen-bond acceptors (Lipinski definition) is 3. The molecule has 2 rings (SSSR count). The predicted molar refractivity (Wildman–Crippen MR) is 79.3 cm³/mol. The first kappa shape index (κ1) is 15.1. The third kappa shape index (κ3) is 3.62. The van der Waals surface area contributed by atoms with Crippen LogP contribution in [0.2, 0.25) is 0 Å². The van der Waals surface area contributed by atoms with Crippen molar-refractivity contribution in [2.45, 2.75) is 20.8 Å². The highest BCUT2D eigenvalue weighted by molar-refractivity contribution is 5.97. The quantitative estimate of drug-likeness (QED) is 0.918. The van der Waals surface area contributed by atoms with Gasteiger partial charge in [-0.1, -0.05) is 25.5 Å². The van der Waals surface area contributed by atoms with Crippen molar-refractivity contribution in [1.29, 1.82) is 0 Å². The molecule has 1 heterocycles. The van der Waals surface area contributed by atoms with Gasteiger partial charge in [0.15, 0.2) is 5.76 Å². The number of benzene rings is 1. The summed E-state index contributed by atoms with van der Waals surface area (Å²) in [6, 6.07) is 7.31. The van der Waals surface area contributed by atoms with E-state index in [1.807, 2.05) is 39.0 Å². The fourth-order valence-electron chi connectivity index (χ4n) is 2.25. The molecule has 112 valence electrons. The number of carbonyl (C=O) groups is 2. The molecule has 0 bridgehead atoms. The van der Waals surface area contributed by atoms with Crippen LogP contribution in [0.5, 0.6) is 0 Å². The van der Waals surface area contributed by atoms with Crippen LogP contribution in [0.1, 0.15) is 30.0 Å². The predicted octanol–water partition coefficient (Wildman–Crippen LogP) is 2.92. The molecule has 5 nitrogen and oxygen atoms in total. The summed E-state index contributed by atoms with van der Waals surface area (Å²) in [6.45, 7) is 5.88. The molecule has 0 saturated heterocycles. The van der Waals surface area contributed by atoms with Gasteiger partial charge < -0.3 is 14.4 Å². The molecule has 0 fully saturated rings. The first-order valence-corrected chi connectivity index (χ1v) is 6.88. The van der Waals surface area contributed by atoms with Gasteiger partial charge in [-0.15, -0.1) is 0 Å². The average Bonchev–Trinajstić information content (AvgIpc) is 2.78. The molecule has 1 aromatic heterocycles. The summed E-state index contributed by atoms with van der Waals surface area (Å²) in [7, 11) is 0. The standard InChI is InChI=1S/C16H19NO4/c1-10(2)8-17(9-15(18)19)16(20)14-7-12-6-11(3)4-5-13(12)21-14/h4-7,10H,8-9H2,1-3H3,(H,18,19). The lowest BCUT2D eigenvalue weighted by Gasteiger charge is -2.21. The molecule has 0 radical (unpaired) electrons. The summed E-state index contributed by atoms with van der Waals surface area (Å²) >= 11 is 0. The van der Waals surface area contributed by atoms with Crippen LogP contribution in [0.15, 0.2) is 28.7 Å². The second-order valence-corrected chi connectivity index (χ2v) is 5.63. The zero-order valence-corrected chi connectivity index (χ0v) is 12.4. The number of furan rings is 1. The molecule has 0 atom stereocenters. The minimum atomic E-state index is -1.03. The maximum atomic E-state index is 12.4. The lowest BCUT2D eigenvalue weighted by atomic mass is 10.1. The zero-order chi connectivity index (χ0) is 15.6. The Balaban J connectivity index is 2.30. The Labute approximate surface area is 123 Å². The first-order chi connectivity index (χ1) is 9.86. The maximum Gasteiger partial charge on any atom is 0.323 e. The lowest BCUT2D eigenvalue weighted by Crippen LogP contribution is -2.38. The Hall–Kier alpha value is -2.30. The fraction of sp³-hybridized carbons (Fsp3) is 0.375. The average molecular weight is 289 g/mol. The molecule has 0 aliphatic rings. The van der Waals surface area contributed by atoms with Gasteiger partial charge in [-0.25, -0.2) is 0 Å². The Bertz CT molecular complexity index is 672. The normalized spacial score (nSPS) is 11.0. The molecule has 1 aromatic carbocycles. The minimum absolute atomic E-state index is 0.178. The minimum Gasteiger partial charge on any atom is -0.480 e. The van der Waals surface area contributed by atoms with Gasteiger partial charge in [0.05, 0.1) is 0 Å². The monoisotopic (exact) mass is 289 g/mol. The number of fused-ring (bicyclic) bond motifs is 1. The fourth-order valence-corrected chi connectivity index (χ4v) is 2.25. The Morgan fingerprint density at radius 2 is 2.00 bits per heavy atom. The largest absolute Gasteiger partial charge is 0.480 e. The van der Waals surface area contributed by atoms with Crippen molar-refractivity contribution in [2.24, 2.45) is 5.92 Å². The van der Waals surface area contributed by atoms with Crippen molar-refractivity contribution in [2.75, 3.05) is 13.1 Å². The number of carboxylic acids is 1. The van der Waals surface area contributed by atoms with E-state index in [0.29, 0.717) is 12.1 Å². The van der Waals surface area contributed by atoms with Gasteiger partial charge in [-0.05, 0) is 31.0 Å². The zero-order valence-electron chi connectivity index (χ0n) is 12.4. The summed E-state index contributed by atoms with van der Waals surface area (Å²) in [5.74, 6) is -1.06. The van der Waals surface area contributed by atoms with Crippen molar-refractivity contribution >= 4 is 22.8 Å². The number of amides is 1. The second kappa shape index (κ2) is 5.99. The number of carboxylic acid groups (broad SMARTS) is 1. The molecular formula is C16H19NO4. The molecule has 5 heteroatoms. The van der Waals surface area contributed by atoms with Crippen LogP contribution in [-0.2, 0) is 4.79 Å². The van der Waals surface area contributed by atoms with Gasteiger partial charge >= 0.3 is 5.97 Å². The molecule has 0 aliphatic carbocycles. The van der Waals surface area contributed by atoms with Crippen molar-refractivity contribution in [3.63, 3.8) is 0 Å². The lowest BCUT2D eigenvalue weighted by molar-refractivity contribution is -0.137.